The lowest BCUT2D eigenvalue weighted by atomic mass is 10.2. The normalized spacial score (nSPS) is 17.2. The van der Waals surface area contributed by atoms with Crippen molar-refractivity contribution in [1.29, 1.82) is 0 Å². The topological polar surface area (TPSA) is 52.7 Å². The molecule has 6 heteroatoms. The Kier molecular flexibility index (Phi) is 3.98. The van der Waals surface area contributed by atoms with Crippen molar-refractivity contribution in [2.45, 2.75) is 0 Å². The molecular weight excluding hydrogens is 240 g/mol. The molecular formula is C12H17F2N3O. The van der Waals surface area contributed by atoms with E-state index in [2.05, 4.69) is 4.90 Å². The van der Waals surface area contributed by atoms with Crippen LogP contribution < -0.4 is 10.6 Å². The third kappa shape index (κ3) is 2.54. The highest BCUT2D eigenvalue weighted by Gasteiger charge is 2.21. The van der Waals surface area contributed by atoms with E-state index in [9.17, 15) is 8.78 Å². The Balaban J connectivity index is 2.08. The van der Waals surface area contributed by atoms with Gasteiger partial charge in [-0.05, 0) is 12.1 Å². The number of nitrogen functional groups attached to an aromatic ring is 1. The number of hydrogen-bond donors (Lipinski definition) is 2. The average molecular weight is 257 g/mol. The fraction of sp³-hybridized carbons (Fsp3) is 0.500. The van der Waals surface area contributed by atoms with Gasteiger partial charge in [-0.15, -0.1) is 0 Å². The fourth-order valence-corrected chi connectivity index (χ4v) is 2.15. The summed E-state index contributed by atoms with van der Waals surface area (Å²) in [6.07, 6.45) is 0. The number of aliphatic hydroxyl groups excluding tert-OH is 1. The first-order valence-electron chi connectivity index (χ1n) is 5.95. The van der Waals surface area contributed by atoms with Crippen molar-refractivity contribution in [3.63, 3.8) is 0 Å². The fourth-order valence-electron chi connectivity index (χ4n) is 2.15. The second-order valence-corrected chi connectivity index (χ2v) is 4.35. The van der Waals surface area contributed by atoms with Crippen molar-refractivity contribution in [2.75, 3.05) is 50.0 Å². The molecule has 1 aliphatic rings. The van der Waals surface area contributed by atoms with E-state index < -0.39 is 11.6 Å². The molecule has 0 saturated carbocycles. The number of nitrogens with two attached hydrogens (primary N) is 1. The molecule has 18 heavy (non-hydrogen) atoms. The lowest BCUT2D eigenvalue weighted by Gasteiger charge is -2.35. The SMILES string of the molecule is Nc1ccc(N2CCN(CCO)CC2)c(F)c1F. The van der Waals surface area contributed by atoms with Gasteiger partial charge in [0, 0.05) is 32.7 Å². The molecule has 0 unspecified atom stereocenters. The van der Waals surface area contributed by atoms with E-state index in [1.165, 1.54) is 12.1 Å². The number of rotatable bonds is 3. The highest BCUT2D eigenvalue weighted by Crippen LogP contribution is 2.26. The van der Waals surface area contributed by atoms with Gasteiger partial charge in [-0.2, -0.15) is 0 Å². The zero-order valence-corrected chi connectivity index (χ0v) is 10.1. The highest BCUT2D eigenvalue weighted by molar-refractivity contribution is 5.55. The van der Waals surface area contributed by atoms with Gasteiger partial charge in [0.25, 0.3) is 0 Å². The maximum atomic E-state index is 13.7. The molecule has 2 rings (SSSR count). The van der Waals surface area contributed by atoms with Crippen LogP contribution >= 0.6 is 0 Å². The van der Waals surface area contributed by atoms with Gasteiger partial charge in [-0.25, -0.2) is 8.78 Å². The van der Waals surface area contributed by atoms with Crippen molar-refractivity contribution in [3.8, 4) is 0 Å². The maximum absolute atomic E-state index is 13.7. The van der Waals surface area contributed by atoms with E-state index in [4.69, 9.17) is 10.8 Å². The van der Waals surface area contributed by atoms with Gasteiger partial charge in [0.15, 0.2) is 11.6 Å². The van der Waals surface area contributed by atoms with Gasteiger partial charge >= 0.3 is 0 Å². The number of β-amino-alcohol motifs (C(OH)–C–C–N with tert-alkyl or cyclic N) is 1. The first kappa shape index (κ1) is 13.0. The summed E-state index contributed by atoms with van der Waals surface area (Å²) < 4.78 is 27.1. The minimum absolute atomic E-state index is 0.116. The summed E-state index contributed by atoms with van der Waals surface area (Å²) in [4.78, 5) is 3.88. The van der Waals surface area contributed by atoms with Crippen molar-refractivity contribution in [3.05, 3.63) is 23.8 Å². The Labute approximate surface area is 105 Å². The number of anilines is 2. The first-order valence-corrected chi connectivity index (χ1v) is 5.95. The van der Waals surface area contributed by atoms with Crippen LogP contribution in [0.25, 0.3) is 0 Å². The molecule has 0 bridgehead atoms. The van der Waals surface area contributed by atoms with Crippen molar-refractivity contribution >= 4 is 11.4 Å². The van der Waals surface area contributed by atoms with Crippen LogP contribution in [0, 0.1) is 11.6 Å². The van der Waals surface area contributed by atoms with E-state index in [0.717, 1.165) is 13.1 Å². The second-order valence-electron chi connectivity index (χ2n) is 4.35. The summed E-state index contributed by atoms with van der Waals surface area (Å²) in [6, 6.07) is 2.89. The minimum Gasteiger partial charge on any atom is -0.396 e. The Morgan fingerprint density at radius 2 is 1.78 bits per heavy atom. The van der Waals surface area contributed by atoms with Gasteiger partial charge < -0.3 is 15.7 Å². The third-order valence-electron chi connectivity index (χ3n) is 3.22. The standard InChI is InChI=1S/C12H17F2N3O/c13-11-9(15)1-2-10(12(11)14)17-5-3-16(4-6-17)7-8-18/h1-2,18H,3-8,15H2. The number of hydrogen-bond acceptors (Lipinski definition) is 4. The lowest BCUT2D eigenvalue weighted by Crippen LogP contribution is -2.47. The maximum Gasteiger partial charge on any atom is 0.184 e. The predicted octanol–water partition coefficient (Wildman–Crippen LogP) is 0.661. The van der Waals surface area contributed by atoms with E-state index in [0.29, 0.717) is 19.6 Å². The summed E-state index contributed by atoms with van der Waals surface area (Å²) in [5, 5.41) is 8.83. The van der Waals surface area contributed by atoms with Gasteiger partial charge in [-0.1, -0.05) is 0 Å². The zero-order valence-electron chi connectivity index (χ0n) is 10.1. The Bertz CT molecular complexity index is 420. The van der Waals surface area contributed by atoms with Crippen LogP contribution in [-0.2, 0) is 0 Å². The van der Waals surface area contributed by atoms with Crippen molar-refractivity contribution in [1.82, 2.24) is 4.90 Å². The number of benzene rings is 1. The molecule has 1 aromatic carbocycles. The van der Waals surface area contributed by atoms with Gasteiger partial charge in [-0.3, -0.25) is 4.90 Å². The van der Waals surface area contributed by atoms with Crippen LogP contribution in [0.1, 0.15) is 0 Å². The molecule has 0 atom stereocenters. The van der Waals surface area contributed by atoms with E-state index in [1.807, 2.05) is 0 Å². The van der Waals surface area contributed by atoms with Crippen molar-refractivity contribution < 1.29 is 13.9 Å². The van der Waals surface area contributed by atoms with Crippen molar-refractivity contribution in [2.24, 2.45) is 0 Å². The minimum atomic E-state index is -0.981. The highest BCUT2D eigenvalue weighted by atomic mass is 19.2. The molecule has 1 heterocycles. The van der Waals surface area contributed by atoms with Crippen LogP contribution in [-0.4, -0.2) is 49.3 Å². The smallest absolute Gasteiger partial charge is 0.184 e. The van der Waals surface area contributed by atoms with Gasteiger partial charge in [0.1, 0.15) is 0 Å². The molecule has 0 aromatic heterocycles. The lowest BCUT2D eigenvalue weighted by molar-refractivity contribution is 0.188. The second kappa shape index (κ2) is 5.49. The van der Waals surface area contributed by atoms with Gasteiger partial charge in [0.05, 0.1) is 18.0 Å². The molecule has 0 spiro atoms. The molecule has 1 fully saturated rings. The van der Waals surface area contributed by atoms with Crippen LogP contribution in [0.2, 0.25) is 0 Å². The molecule has 4 nitrogen and oxygen atoms in total. The summed E-state index contributed by atoms with van der Waals surface area (Å²) in [5.74, 6) is -1.86. The monoisotopic (exact) mass is 257 g/mol. The number of piperazine rings is 1. The Hall–Kier alpha value is -1.40. The van der Waals surface area contributed by atoms with E-state index >= 15 is 0 Å². The molecule has 1 aliphatic heterocycles. The number of aliphatic hydroxyl groups is 1. The number of nitrogens with zero attached hydrogens (tertiary/aromatic N) is 2. The largest absolute Gasteiger partial charge is 0.396 e. The van der Waals surface area contributed by atoms with Crippen LogP contribution in [0.3, 0.4) is 0 Å². The molecule has 1 aromatic rings. The summed E-state index contributed by atoms with van der Waals surface area (Å²) in [7, 11) is 0. The summed E-state index contributed by atoms with van der Waals surface area (Å²) in [6.45, 7) is 3.41. The summed E-state index contributed by atoms with van der Waals surface area (Å²) >= 11 is 0. The molecule has 0 aliphatic carbocycles. The van der Waals surface area contributed by atoms with E-state index in [1.54, 1.807) is 4.90 Å². The molecule has 3 N–H and O–H groups in total. The molecule has 1 saturated heterocycles. The van der Waals surface area contributed by atoms with Crippen LogP contribution in [0.15, 0.2) is 12.1 Å². The quantitative estimate of drug-likeness (QED) is 0.781. The van der Waals surface area contributed by atoms with Crippen LogP contribution in [0.5, 0.6) is 0 Å². The van der Waals surface area contributed by atoms with Gasteiger partial charge in [0.2, 0.25) is 0 Å². The average Bonchev–Trinajstić information content (AvgIpc) is 2.38. The third-order valence-corrected chi connectivity index (χ3v) is 3.22. The number of halogens is 2. The Morgan fingerprint density at radius 3 is 2.39 bits per heavy atom. The molecule has 100 valence electrons. The Morgan fingerprint density at radius 1 is 1.11 bits per heavy atom. The molecule has 0 radical (unpaired) electrons. The zero-order chi connectivity index (χ0) is 13.1. The summed E-state index contributed by atoms with van der Waals surface area (Å²) in [5.41, 5.74) is 5.39. The molecule has 0 amide bonds. The first-order chi connectivity index (χ1) is 8.63. The van der Waals surface area contributed by atoms with E-state index in [-0.39, 0.29) is 18.0 Å². The van der Waals surface area contributed by atoms with Crippen LogP contribution in [0.4, 0.5) is 20.2 Å². The predicted molar refractivity (Wildman–Crippen MR) is 66.5 cm³/mol.